The van der Waals surface area contributed by atoms with Crippen LogP contribution in [0.3, 0.4) is 0 Å². The Morgan fingerprint density at radius 2 is 1.68 bits per heavy atom. The van der Waals surface area contributed by atoms with Crippen molar-refractivity contribution in [1.29, 1.82) is 0 Å². The summed E-state index contributed by atoms with van der Waals surface area (Å²) in [5.41, 5.74) is 1.84. The molecule has 0 aliphatic rings. The first-order chi connectivity index (χ1) is 13.5. The van der Waals surface area contributed by atoms with Gasteiger partial charge in [-0.05, 0) is 55.5 Å². The molecule has 0 aliphatic heterocycles. The Hall–Kier alpha value is -3.37. The number of benzene rings is 3. The fourth-order valence-electron chi connectivity index (χ4n) is 2.90. The van der Waals surface area contributed by atoms with E-state index in [1.165, 1.54) is 0 Å². The third-order valence-electron chi connectivity index (χ3n) is 4.31. The van der Waals surface area contributed by atoms with Crippen molar-refractivity contribution < 1.29 is 13.9 Å². The van der Waals surface area contributed by atoms with E-state index in [2.05, 4.69) is 0 Å². The van der Waals surface area contributed by atoms with Crippen LogP contribution in [0.4, 0.5) is 0 Å². The van der Waals surface area contributed by atoms with E-state index in [4.69, 9.17) is 20.8 Å². The highest BCUT2D eigenvalue weighted by atomic mass is 35.5. The van der Waals surface area contributed by atoms with Crippen LogP contribution in [0.2, 0.25) is 5.02 Å². The average Bonchev–Trinajstić information content (AvgIpc) is 2.71. The van der Waals surface area contributed by atoms with Gasteiger partial charge in [0, 0.05) is 10.6 Å². The minimum atomic E-state index is -0.630. The number of carbonyl (C=O) groups is 1. The molecule has 1 heterocycles. The van der Waals surface area contributed by atoms with Crippen molar-refractivity contribution in [2.75, 3.05) is 0 Å². The highest BCUT2D eigenvalue weighted by molar-refractivity contribution is 6.30. The van der Waals surface area contributed by atoms with Gasteiger partial charge in [-0.25, -0.2) is 4.79 Å². The molecule has 3 aromatic carbocycles. The Morgan fingerprint density at radius 3 is 2.39 bits per heavy atom. The quantitative estimate of drug-likeness (QED) is 0.425. The lowest BCUT2D eigenvalue weighted by Crippen LogP contribution is -2.16. The van der Waals surface area contributed by atoms with Crippen LogP contribution < -0.4 is 10.2 Å². The molecule has 0 amide bonds. The van der Waals surface area contributed by atoms with Crippen LogP contribution >= 0.6 is 11.6 Å². The number of ether oxygens (including phenoxy) is 1. The molecule has 4 aromatic rings. The Labute approximate surface area is 166 Å². The predicted molar refractivity (Wildman–Crippen MR) is 109 cm³/mol. The summed E-state index contributed by atoms with van der Waals surface area (Å²) in [6.45, 7) is 1.88. The van der Waals surface area contributed by atoms with Crippen LogP contribution in [0.5, 0.6) is 5.75 Å². The summed E-state index contributed by atoms with van der Waals surface area (Å²) in [4.78, 5) is 25.7. The smallest absolute Gasteiger partial charge is 0.343 e. The molecule has 0 saturated heterocycles. The molecule has 0 unspecified atom stereocenters. The fraction of sp³-hybridized carbons (Fsp3) is 0.0435. The SMILES string of the molecule is Cc1ccc2oc(-c3ccc(Cl)cc3)c(OC(=O)c3ccccc3)c(=O)c2c1. The summed E-state index contributed by atoms with van der Waals surface area (Å²) in [5, 5.41) is 0.902. The van der Waals surface area contributed by atoms with E-state index >= 15 is 0 Å². The molecule has 0 N–H and O–H groups in total. The number of fused-ring (bicyclic) bond motifs is 1. The molecule has 5 heteroatoms. The zero-order valence-corrected chi connectivity index (χ0v) is 15.7. The molecule has 0 saturated carbocycles. The number of esters is 1. The van der Waals surface area contributed by atoms with Gasteiger partial charge in [-0.15, -0.1) is 0 Å². The highest BCUT2D eigenvalue weighted by Gasteiger charge is 2.21. The van der Waals surface area contributed by atoms with Crippen molar-refractivity contribution in [3.63, 3.8) is 0 Å². The normalized spacial score (nSPS) is 10.8. The van der Waals surface area contributed by atoms with E-state index in [0.717, 1.165) is 5.56 Å². The molecular weight excluding hydrogens is 376 g/mol. The van der Waals surface area contributed by atoms with Crippen molar-refractivity contribution in [2.24, 2.45) is 0 Å². The molecule has 0 radical (unpaired) electrons. The summed E-state index contributed by atoms with van der Waals surface area (Å²) < 4.78 is 11.5. The predicted octanol–water partition coefficient (Wildman–Crippen LogP) is 5.64. The van der Waals surface area contributed by atoms with Crippen LogP contribution in [0, 0.1) is 6.92 Å². The van der Waals surface area contributed by atoms with Gasteiger partial charge in [0.2, 0.25) is 11.2 Å². The number of hydrogen-bond donors (Lipinski definition) is 0. The molecule has 0 fully saturated rings. The number of carbonyl (C=O) groups excluding carboxylic acids is 1. The van der Waals surface area contributed by atoms with Crippen molar-refractivity contribution >= 4 is 28.5 Å². The standard InChI is InChI=1S/C23H15ClO4/c1-14-7-12-19-18(13-14)20(25)22(28-23(26)16-5-3-2-4-6-16)21(27-19)15-8-10-17(24)11-9-15/h2-13H,1H3. The van der Waals surface area contributed by atoms with E-state index < -0.39 is 11.4 Å². The molecule has 0 bridgehead atoms. The van der Waals surface area contributed by atoms with Crippen molar-refractivity contribution in [1.82, 2.24) is 0 Å². The summed E-state index contributed by atoms with van der Waals surface area (Å²) in [5.74, 6) is -0.591. The maximum Gasteiger partial charge on any atom is 0.343 e. The van der Waals surface area contributed by atoms with Gasteiger partial charge in [0.15, 0.2) is 5.76 Å². The lowest BCUT2D eigenvalue weighted by molar-refractivity contribution is 0.0731. The molecule has 0 atom stereocenters. The van der Waals surface area contributed by atoms with Gasteiger partial charge in [0.05, 0.1) is 10.9 Å². The number of aryl methyl sites for hydroxylation is 1. The third-order valence-corrected chi connectivity index (χ3v) is 4.57. The van der Waals surface area contributed by atoms with Crippen molar-refractivity contribution in [3.8, 4) is 17.1 Å². The van der Waals surface area contributed by atoms with Crippen LogP contribution in [0.15, 0.2) is 82.0 Å². The topological polar surface area (TPSA) is 56.5 Å². The van der Waals surface area contributed by atoms with E-state index in [1.807, 2.05) is 13.0 Å². The first-order valence-electron chi connectivity index (χ1n) is 8.63. The Kier molecular flexibility index (Phi) is 4.72. The van der Waals surface area contributed by atoms with Crippen LogP contribution in [0.1, 0.15) is 15.9 Å². The summed E-state index contributed by atoms with van der Waals surface area (Å²) in [6.07, 6.45) is 0. The van der Waals surface area contributed by atoms with E-state index in [-0.39, 0.29) is 11.5 Å². The Balaban J connectivity index is 1.92. The molecule has 1 aromatic heterocycles. The zero-order chi connectivity index (χ0) is 19.7. The second-order valence-corrected chi connectivity index (χ2v) is 6.79. The minimum Gasteiger partial charge on any atom is -0.452 e. The number of halogens is 1. The maximum atomic E-state index is 13.1. The van der Waals surface area contributed by atoms with Gasteiger partial charge in [0.1, 0.15) is 5.58 Å². The van der Waals surface area contributed by atoms with Crippen molar-refractivity contribution in [2.45, 2.75) is 6.92 Å². The largest absolute Gasteiger partial charge is 0.452 e. The van der Waals surface area contributed by atoms with Gasteiger partial charge in [0.25, 0.3) is 0 Å². The third kappa shape index (κ3) is 3.42. The zero-order valence-electron chi connectivity index (χ0n) is 14.9. The van der Waals surface area contributed by atoms with Crippen LogP contribution in [-0.2, 0) is 0 Å². The number of rotatable bonds is 3. The van der Waals surface area contributed by atoms with Gasteiger partial charge >= 0.3 is 5.97 Å². The first-order valence-corrected chi connectivity index (χ1v) is 9.01. The number of hydrogen-bond acceptors (Lipinski definition) is 4. The van der Waals surface area contributed by atoms with Crippen molar-refractivity contribution in [3.05, 3.63) is 99.2 Å². The Bertz CT molecular complexity index is 1230. The van der Waals surface area contributed by atoms with E-state index in [9.17, 15) is 9.59 Å². The van der Waals surface area contributed by atoms with Crippen LogP contribution in [0.25, 0.3) is 22.3 Å². The van der Waals surface area contributed by atoms with E-state index in [0.29, 0.717) is 27.1 Å². The molecule has 28 heavy (non-hydrogen) atoms. The molecular formula is C23H15ClO4. The molecule has 0 aliphatic carbocycles. The van der Waals surface area contributed by atoms with Gasteiger partial charge in [-0.2, -0.15) is 0 Å². The minimum absolute atomic E-state index is 0.144. The first kappa shape index (κ1) is 18.0. The Morgan fingerprint density at radius 1 is 0.964 bits per heavy atom. The second-order valence-electron chi connectivity index (χ2n) is 6.35. The lowest BCUT2D eigenvalue weighted by atomic mass is 10.1. The van der Waals surface area contributed by atoms with E-state index in [1.54, 1.807) is 66.7 Å². The molecule has 138 valence electrons. The second kappa shape index (κ2) is 7.33. The molecule has 4 nitrogen and oxygen atoms in total. The average molecular weight is 391 g/mol. The summed E-state index contributed by atoms with van der Waals surface area (Å²) in [7, 11) is 0. The summed E-state index contributed by atoms with van der Waals surface area (Å²) in [6, 6.07) is 20.6. The lowest BCUT2D eigenvalue weighted by Gasteiger charge is -2.11. The molecule has 0 spiro atoms. The monoisotopic (exact) mass is 390 g/mol. The molecule has 4 rings (SSSR count). The van der Waals surface area contributed by atoms with Crippen LogP contribution in [-0.4, -0.2) is 5.97 Å². The highest BCUT2D eigenvalue weighted by Crippen LogP contribution is 2.32. The van der Waals surface area contributed by atoms with Gasteiger partial charge in [-0.1, -0.05) is 41.4 Å². The van der Waals surface area contributed by atoms with Gasteiger partial charge in [-0.3, -0.25) is 4.79 Å². The maximum absolute atomic E-state index is 13.1. The van der Waals surface area contributed by atoms with Gasteiger partial charge < -0.3 is 9.15 Å². The fourth-order valence-corrected chi connectivity index (χ4v) is 3.03. The summed E-state index contributed by atoms with van der Waals surface area (Å²) >= 11 is 5.97.